The zero-order chi connectivity index (χ0) is 11.8. The van der Waals surface area contributed by atoms with E-state index < -0.39 is 0 Å². The van der Waals surface area contributed by atoms with Crippen LogP contribution in [0.4, 0.5) is 0 Å². The Hall–Kier alpha value is -2.21. The number of aromatic nitrogens is 4. The number of fused-ring (bicyclic) bond motifs is 1. The molecule has 2 heterocycles. The van der Waals surface area contributed by atoms with Crippen LogP contribution in [0.1, 0.15) is 5.89 Å². The highest BCUT2D eigenvalue weighted by atomic mass is 16.5. The first-order valence-corrected chi connectivity index (χ1v) is 5.22. The predicted molar refractivity (Wildman–Crippen MR) is 61.9 cm³/mol. The zero-order valence-electron chi connectivity index (χ0n) is 9.29. The largest absolute Gasteiger partial charge is 0.338 e. The van der Waals surface area contributed by atoms with E-state index in [1.807, 2.05) is 29.8 Å². The fourth-order valence-electron chi connectivity index (χ4n) is 1.72. The summed E-state index contributed by atoms with van der Waals surface area (Å²) >= 11 is 0. The molecular weight excluding hydrogens is 218 g/mol. The quantitative estimate of drug-likeness (QED) is 0.711. The molecule has 86 valence electrons. The van der Waals surface area contributed by atoms with Gasteiger partial charge in [-0.05, 0) is 18.2 Å². The molecule has 0 spiro atoms. The molecule has 0 fully saturated rings. The molecule has 0 aliphatic rings. The fourth-order valence-corrected chi connectivity index (χ4v) is 1.72. The first-order valence-electron chi connectivity index (χ1n) is 5.22. The van der Waals surface area contributed by atoms with E-state index in [0.717, 1.165) is 16.6 Å². The standard InChI is InChI=1S/C11H11N5O/c1-16-6-13-8-3-2-7(4-9(8)16)11-14-10(5-12)17-15-11/h2-4,6H,5,12H2,1H3. The molecule has 3 rings (SSSR count). The second kappa shape index (κ2) is 3.67. The molecule has 0 atom stereocenters. The van der Waals surface area contributed by atoms with Crippen molar-refractivity contribution in [2.45, 2.75) is 6.54 Å². The summed E-state index contributed by atoms with van der Waals surface area (Å²) in [5.74, 6) is 0.985. The molecule has 0 aliphatic carbocycles. The summed E-state index contributed by atoms with van der Waals surface area (Å²) in [6.45, 7) is 0.251. The van der Waals surface area contributed by atoms with E-state index in [2.05, 4.69) is 15.1 Å². The van der Waals surface area contributed by atoms with Crippen molar-refractivity contribution in [3.63, 3.8) is 0 Å². The molecule has 0 amide bonds. The lowest BCUT2D eigenvalue weighted by atomic mass is 10.2. The van der Waals surface area contributed by atoms with E-state index in [-0.39, 0.29) is 6.54 Å². The number of imidazole rings is 1. The summed E-state index contributed by atoms with van der Waals surface area (Å²) in [7, 11) is 1.95. The number of hydrogen-bond donors (Lipinski definition) is 1. The maximum atomic E-state index is 5.43. The third-order valence-electron chi connectivity index (χ3n) is 2.63. The van der Waals surface area contributed by atoms with Gasteiger partial charge in [0.1, 0.15) is 0 Å². The summed E-state index contributed by atoms with van der Waals surface area (Å²) in [5.41, 5.74) is 8.29. The third-order valence-corrected chi connectivity index (χ3v) is 2.63. The molecule has 0 unspecified atom stereocenters. The minimum atomic E-state index is 0.251. The van der Waals surface area contributed by atoms with Crippen molar-refractivity contribution in [3.05, 3.63) is 30.4 Å². The molecule has 17 heavy (non-hydrogen) atoms. The highest BCUT2D eigenvalue weighted by molar-refractivity contribution is 5.80. The molecule has 2 N–H and O–H groups in total. The number of benzene rings is 1. The zero-order valence-corrected chi connectivity index (χ0v) is 9.29. The molecule has 0 saturated heterocycles. The fraction of sp³-hybridized carbons (Fsp3) is 0.182. The minimum Gasteiger partial charge on any atom is -0.338 e. The number of hydrogen-bond acceptors (Lipinski definition) is 5. The van der Waals surface area contributed by atoms with Crippen LogP contribution in [0.15, 0.2) is 29.0 Å². The van der Waals surface area contributed by atoms with E-state index in [1.165, 1.54) is 0 Å². The van der Waals surface area contributed by atoms with Crippen LogP contribution in [0.25, 0.3) is 22.4 Å². The van der Waals surface area contributed by atoms with Crippen LogP contribution >= 0.6 is 0 Å². The van der Waals surface area contributed by atoms with E-state index in [1.54, 1.807) is 6.33 Å². The van der Waals surface area contributed by atoms with Gasteiger partial charge >= 0.3 is 0 Å². The first-order chi connectivity index (χ1) is 8.28. The maximum Gasteiger partial charge on any atom is 0.240 e. The van der Waals surface area contributed by atoms with Crippen molar-refractivity contribution >= 4 is 11.0 Å². The van der Waals surface area contributed by atoms with Gasteiger partial charge in [0.05, 0.1) is 23.9 Å². The minimum absolute atomic E-state index is 0.251. The highest BCUT2D eigenvalue weighted by Gasteiger charge is 2.09. The Labute approximate surface area is 97.1 Å². The van der Waals surface area contributed by atoms with Gasteiger partial charge in [0.15, 0.2) is 0 Å². The average Bonchev–Trinajstić information content (AvgIpc) is 2.96. The summed E-state index contributed by atoms with van der Waals surface area (Å²) in [6.07, 6.45) is 1.77. The van der Waals surface area contributed by atoms with Crippen LogP contribution < -0.4 is 5.73 Å². The summed E-state index contributed by atoms with van der Waals surface area (Å²) in [4.78, 5) is 8.44. The molecule has 0 saturated carbocycles. The van der Waals surface area contributed by atoms with Crippen molar-refractivity contribution in [1.29, 1.82) is 0 Å². The lowest BCUT2D eigenvalue weighted by Crippen LogP contribution is -1.95. The van der Waals surface area contributed by atoms with Crippen LogP contribution in [0.2, 0.25) is 0 Å². The Balaban J connectivity index is 2.13. The highest BCUT2D eigenvalue weighted by Crippen LogP contribution is 2.21. The van der Waals surface area contributed by atoms with Gasteiger partial charge in [0.2, 0.25) is 11.7 Å². The van der Waals surface area contributed by atoms with E-state index >= 15 is 0 Å². The average molecular weight is 229 g/mol. The van der Waals surface area contributed by atoms with Crippen LogP contribution in [0.5, 0.6) is 0 Å². The Morgan fingerprint density at radius 2 is 2.29 bits per heavy atom. The smallest absolute Gasteiger partial charge is 0.240 e. The molecule has 6 nitrogen and oxygen atoms in total. The van der Waals surface area contributed by atoms with Gasteiger partial charge in [0, 0.05) is 12.6 Å². The third kappa shape index (κ3) is 1.58. The Morgan fingerprint density at radius 3 is 3.06 bits per heavy atom. The van der Waals surface area contributed by atoms with E-state index in [9.17, 15) is 0 Å². The molecule has 0 radical (unpaired) electrons. The van der Waals surface area contributed by atoms with Gasteiger partial charge < -0.3 is 14.8 Å². The summed E-state index contributed by atoms with van der Waals surface area (Å²) < 4.78 is 6.93. The van der Waals surface area contributed by atoms with Gasteiger partial charge in [-0.2, -0.15) is 4.98 Å². The number of rotatable bonds is 2. The SMILES string of the molecule is Cn1cnc2ccc(-c3noc(CN)n3)cc21. The van der Waals surface area contributed by atoms with Crippen molar-refractivity contribution in [2.75, 3.05) is 0 Å². The summed E-state index contributed by atoms with van der Waals surface area (Å²) in [5, 5.41) is 3.88. The number of nitrogens with zero attached hydrogens (tertiary/aromatic N) is 4. The van der Waals surface area contributed by atoms with Crippen molar-refractivity contribution in [3.8, 4) is 11.4 Å². The lowest BCUT2D eigenvalue weighted by molar-refractivity contribution is 0.380. The van der Waals surface area contributed by atoms with Crippen LogP contribution in [-0.2, 0) is 13.6 Å². The van der Waals surface area contributed by atoms with Crippen molar-refractivity contribution < 1.29 is 4.52 Å². The van der Waals surface area contributed by atoms with Crippen molar-refractivity contribution in [1.82, 2.24) is 19.7 Å². The van der Waals surface area contributed by atoms with Gasteiger partial charge in [-0.3, -0.25) is 0 Å². The topological polar surface area (TPSA) is 82.8 Å². The molecule has 3 aromatic rings. The Morgan fingerprint density at radius 1 is 1.41 bits per heavy atom. The Bertz CT molecular complexity index is 669. The molecular formula is C11H11N5O. The summed E-state index contributed by atoms with van der Waals surface area (Å²) in [6, 6.07) is 5.83. The molecule has 1 aromatic carbocycles. The van der Waals surface area contributed by atoms with Gasteiger partial charge in [0.25, 0.3) is 0 Å². The molecule has 0 aliphatic heterocycles. The van der Waals surface area contributed by atoms with E-state index in [4.69, 9.17) is 10.3 Å². The number of nitrogens with two attached hydrogens (primary N) is 1. The molecule has 2 aromatic heterocycles. The second-order valence-electron chi connectivity index (χ2n) is 3.77. The lowest BCUT2D eigenvalue weighted by Gasteiger charge is -1.97. The van der Waals surface area contributed by atoms with Crippen LogP contribution in [-0.4, -0.2) is 19.7 Å². The second-order valence-corrected chi connectivity index (χ2v) is 3.77. The van der Waals surface area contributed by atoms with Gasteiger partial charge in [-0.15, -0.1) is 0 Å². The Kier molecular flexibility index (Phi) is 2.15. The monoisotopic (exact) mass is 229 g/mol. The van der Waals surface area contributed by atoms with Gasteiger partial charge in [-0.25, -0.2) is 4.98 Å². The normalized spacial score (nSPS) is 11.2. The van der Waals surface area contributed by atoms with Gasteiger partial charge in [-0.1, -0.05) is 5.16 Å². The first kappa shape index (κ1) is 9.98. The van der Waals surface area contributed by atoms with Crippen molar-refractivity contribution in [2.24, 2.45) is 12.8 Å². The molecule has 6 heteroatoms. The molecule has 0 bridgehead atoms. The van der Waals surface area contributed by atoms with Crippen LogP contribution in [0.3, 0.4) is 0 Å². The van der Waals surface area contributed by atoms with Crippen LogP contribution in [0, 0.1) is 0 Å². The predicted octanol–water partition coefficient (Wildman–Crippen LogP) is 1.08. The van der Waals surface area contributed by atoms with E-state index in [0.29, 0.717) is 11.7 Å². The number of aryl methyl sites for hydroxylation is 1. The maximum absolute atomic E-state index is 5.43.